The van der Waals surface area contributed by atoms with E-state index in [2.05, 4.69) is 10.6 Å². The second-order valence-corrected chi connectivity index (χ2v) is 8.85. The van der Waals surface area contributed by atoms with Gasteiger partial charge in [0.1, 0.15) is 11.5 Å². The molecule has 2 aromatic heterocycles. The summed E-state index contributed by atoms with van der Waals surface area (Å²) in [5.74, 6) is -0.797. The van der Waals surface area contributed by atoms with Crippen LogP contribution in [0.2, 0.25) is 0 Å². The zero-order chi connectivity index (χ0) is 23.4. The van der Waals surface area contributed by atoms with Crippen molar-refractivity contribution in [2.45, 2.75) is 38.8 Å². The monoisotopic (exact) mass is 466 g/mol. The van der Waals surface area contributed by atoms with Crippen LogP contribution in [0.3, 0.4) is 0 Å². The van der Waals surface area contributed by atoms with E-state index in [-0.39, 0.29) is 11.6 Å². The van der Waals surface area contributed by atoms with Gasteiger partial charge in [-0.25, -0.2) is 0 Å². The SMILES string of the molecule is O=C(Cn1cc([N+](=O)[O-])ccc1=O)Nc1sc2c(c1C(=O)NCc1ccccc1)CCCC2. The van der Waals surface area contributed by atoms with Crippen molar-refractivity contribution >= 4 is 33.8 Å². The molecule has 0 atom stereocenters. The van der Waals surface area contributed by atoms with Gasteiger partial charge < -0.3 is 10.6 Å². The van der Waals surface area contributed by atoms with Crippen LogP contribution in [0.15, 0.2) is 53.5 Å². The number of nitro groups is 1. The highest BCUT2D eigenvalue weighted by Gasteiger charge is 2.26. The predicted molar refractivity (Wildman–Crippen MR) is 125 cm³/mol. The van der Waals surface area contributed by atoms with Crippen LogP contribution in [0.25, 0.3) is 0 Å². The van der Waals surface area contributed by atoms with Crippen molar-refractivity contribution in [1.82, 2.24) is 9.88 Å². The number of fused-ring (bicyclic) bond motifs is 1. The molecule has 2 heterocycles. The summed E-state index contributed by atoms with van der Waals surface area (Å²) in [6, 6.07) is 11.7. The van der Waals surface area contributed by atoms with Gasteiger partial charge in [0.05, 0.1) is 16.7 Å². The molecular weight excluding hydrogens is 444 g/mol. The summed E-state index contributed by atoms with van der Waals surface area (Å²) in [6.07, 6.45) is 4.64. The van der Waals surface area contributed by atoms with Gasteiger partial charge in [0, 0.05) is 23.6 Å². The maximum atomic E-state index is 13.1. The summed E-state index contributed by atoms with van der Waals surface area (Å²) < 4.78 is 0.982. The van der Waals surface area contributed by atoms with E-state index in [0.717, 1.165) is 64.6 Å². The average Bonchev–Trinajstić information content (AvgIpc) is 3.17. The van der Waals surface area contributed by atoms with Crippen molar-refractivity contribution in [1.29, 1.82) is 0 Å². The number of anilines is 1. The van der Waals surface area contributed by atoms with Gasteiger partial charge in [-0.2, -0.15) is 0 Å². The molecule has 4 rings (SSSR count). The number of nitrogens with zero attached hydrogens (tertiary/aromatic N) is 2. The predicted octanol–water partition coefficient (Wildman–Crippen LogP) is 3.27. The average molecular weight is 467 g/mol. The smallest absolute Gasteiger partial charge is 0.285 e. The van der Waals surface area contributed by atoms with Crippen LogP contribution in [0.1, 0.15) is 39.2 Å². The van der Waals surface area contributed by atoms with Crippen molar-refractivity contribution in [3.63, 3.8) is 0 Å². The third-order valence-electron chi connectivity index (χ3n) is 5.44. The maximum Gasteiger partial charge on any atom is 0.285 e. The Balaban J connectivity index is 1.55. The zero-order valence-electron chi connectivity index (χ0n) is 17.7. The summed E-state index contributed by atoms with van der Waals surface area (Å²) in [5.41, 5.74) is 1.58. The van der Waals surface area contributed by atoms with Gasteiger partial charge in [0.25, 0.3) is 17.2 Å². The molecule has 0 spiro atoms. The van der Waals surface area contributed by atoms with E-state index in [0.29, 0.717) is 17.1 Å². The number of rotatable bonds is 7. The quantitative estimate of drug-likeness (QED) is 0.409. The topological polar surface area (TPSA) is 123 Å². The lowest BCUT2D eigenvalue weighted by Crippen LogP contribution is -2.28. The molecule has 1 aliphatic rings. The summed E-state index contributed by atoms with van der Waals surface area (Å²) >= 11 is 1.37. The van der Waals surface area contributed by atoms with Gasteiger partial charge in [-0.15, -0.1) is 11.3 Å². The zero-order valence-corrected chi connectivity index (χ0v) is 18.5. The number of aromatic nitrogens is 1. The first-order chi connectivity index (χ1) is 15.9. The minimum atomic E-state index is -0.629. The van der Waals surface area contributed by atoms with Crippen LogP contribution < -0.4 is 16.2 Å². The van der Waals surface area contributed by atoms with Crippen LogP contribution in [-0.4, -0.2) is 21.3 Å². The standard InChI is InChI=1S/C23H22N4O5S/c28-19(14-26-13-16(27(31)32)10-11-20(26)29)25-23-21(17-8-4-5-9-18(17)33-23)22(30)24-12-15-6-2-1-3-7-15/h1-3,6-7,10-11,13H,4-5,8-9,12,14H2,(H,24,30)(H,25,28). The number of amides is 2. The molecule has 2 amide bonds. The Hall–Kier alpha value is -3.79. The van der Waals surface area contributed by atoms with Crippen molar-refractivity contribution < 1.29 is 14.5 Å². The van der Waals surface area contributed by atoms with Crippen LogP contribution >= 0.6 is 11.3 Å². The molecule has 3 aromatic rings. The molecular formula is C23H22N4O5S. The van der Waals surface area contributed by atoms with E-state index in [1.54, 1.807) is 0 Å². The van der Waals surface area contributed by atoms with Crippen LogP contribution in [0.5, 0.6) is 0 Å². The molecule has 0 radical (unpaired) electrons. The molecule has 33 heavy (non-hydrogen) atoms. The van der Waals surface area contributed by atoms with E-state index in [4.69, 9.17) is 0 Å². The summed E-state index contributed by atoms with van der Waals surface area (Å²) in [6.45, 7) is -0.0328. The molecule has 0 aliphatic heterocycles. The molecule has 0 fully saturated rings. The fraction of sp³-hybridized carbons (Fsp3) is 0.261. The van der Waals surface area contributed by atoms with Crippen molar-refractivity contribution in [2.75, 3.05) is 5.32 Å². The molecule has 0 saturated heterocycles. The van der Waals surface area contributed by atoms with E-state index >= 15 is 0 Å². The third kappa shape index (κ3) is 5.17. The number of pyridine rings is 1. The van der Waals surface area contributed by atoms with Crippen LogP contribution in [0.4, 0.5) is 10.7 Å². The van der Waals surface area contributed by atoms with E-state index in [1.165, 1.54) is 11.3 Å². The highest BCUT2D eigenvalue weighted by atomic mass is 32.1. The number of aryl methyl sites for hydroxylation is 1. The Morgan fingerprint density at radius 1 is 1.09 bits per heavy atom. The Morgan fingerprint density at radius 3 is 2.61 bits per heavy atom. The minimum Gasteiger partial charge on any atom is -0.348 e. The number of carbonyl (C=O) groups excluding carboxylic acids is 2. The molecule has 0 saturated carbocycles. The van der Waals surface area contributed by atoms with Crippen molar-refractivity contribution in [2.24, 2.45) is 0 Å². The summed E-state index contributed by atoms with van der Waals surface area (Å²) in [7, 11) is 0. The second-order valence-electron chi connectivity index (χ2n) is 7.74. The molecule has 1 aromatic carbocycles. The Labute approximate surface area is 193 Å². The first kappa shape index (κ1) is 22.4. The van der Waals surface area contributed by atoms with E-state index < -0.39 is 22.9 Å². The highest BCUT2D eigenvalue weighted by Crippen LogP contribution is 2.38. The van der Waals surface area contributed by atoms with Gasteiger partial charge in [-0.1, -0.05) is 30.3 Å². The third-order valence-corrected chi connectivity index (χ3v) is 6.65. The lowest BCUT2D eigenvalue weighted by atomic mass is 9.95. The fourth-order valence-electron chi connectivity index (χ4n) is 3.83. The number of thiophene rings is 1. The molecule has 9 nitrogen and oxygen atoms in total. The number of hydrogen-bond donors (Lipinski definition) is 2. The Kier molecular flexibility index (Phi) is 6.64. The first-order valence-electron chi connectivity index (χ1n) is 10.5. The van der Waals surface area contributed by atoms with E-state index in [1.807, 2.05) is 30.3 Å². The second kappa shape index (κ2) is 9.78. The molecule has 0 bridgehead atoms. The lowest BCUT2D eigenvalue weighted by molar-refractivity contribution is -0.385. The highest BCUT2D eigenvalue weighted by molar-refractivity contribution is 7.17. The number of nitrogens with one attached hydrogen (secondary N) is 2. The van der Waals surface area contributed by atoms with Crippen molar-refractivity contribution in [3.05, 3.63) is 90.7 Å². The maximum absolute atomic E-state index is 13.1. The normalized spacial score (nSPS) is 12.6. The summed E-state index contributed by atoms with van der Waals surface area (Å²) in [4.78, 5) is 49.3. The van der Waals surface area contributed by atoms with Gasteiger partial charge in [0.2, 0.25) is 5.91 Å². The van der Waals surface area contributed by atoms with Crippen LogP contribution in [0, 0.1) is 10.1 Å². The van der Waals surface area contributed by atoms with Gasteiger partial charge in [-0.05, 0) is 36.8 Å². The Bertz CT molecular complexity index is 1270. The number of hydrogen-bond acceptors (Lipinski definition) is 6. The van der Waals surface area contributed by atoms with Crippen molar-refractivity contribution in [3.8, 4) is 0 Å². The van der Waals surface area contributed by atoms with Gasteiger partial charge in [-0.3, -0.25) is 29.1 Å². The van der Waals surface area contributed by atoms with Gasteiger partial charge in [0.15, 0.2) is 0 Å². The minimum absolute atomic E-state index is 0.263. The largest absolute Gasteiger partial charge is 0.348 e. The molecule has 0 unspecified atom stereocenters. The number of benzene rings is 1. The fourth-order valence-corrected chi connectivity index (χ4v) is 5.13. The lowest BCUT2D eigenvalue weighted by Gasteiger charge is -2.13. The van der Waals surface area contributed by atoms with E-state index in [9.17, 15) is 24.5 Å². The molecule has 2 N–H and O–H groups in total. The van der Waals surface area contributed by atoms with Crippen LogP contribution in [-0.2, 0) is 30.7 Å². The Morgan fingerprint density at radius 2 is 1.85 bits per heavy atom. The van der Waals surface area contributed by atoms with Gasteiger partial charge >= 0.3 is 0 Å². The molecule has 1 aliphatic carbocycles. The first-order valence-corrected chi connectivity index (χ1v) is 11.4. The summed E-state index contributed by atoms with van der Waals surface area (Å²) in [5, 5.41) is 17.1. The number of carbonyl (C=O) groups is 2. The molecule has 170 valence electrons. The molecule has 10 heteroatoms.